The lowest BCUT2D eigenvalue weighted by Gasteiger charge is -2.03. The van der Waals surface area contributed by atoms with E-state index in [-0.39, 0.29) is 5.57 Å². The van der Waals surface area contributed by atoms with Crippen molar-refractivity contribution < 1.29 is 19.8 Å². The van der Waals surface area contributed by atoms with E-state index in [1.54, 1.807) is 6.92 Å². The van der Waals surface area contributed by atoms with E-state index in [1.807, 2.05) is 0 Å². The maximum absolute atomic E-state index is 10.6. The number of carboxylic acids is 2. The quantitative estimate of drug-likeness (QED) is 0.645. The summed E-state index contributed by atoms with van der Waals surface area (Å²) >= 11 is 0. The summed E-state index contributed by atoms with van der Waals surface area (Å²) in [4.78, 5) is 21.1. The number of hydrogen-bond acceptors (Lipinski definition) is 2. The van der Waals surface area contributed by atoms with Crippen molar-refractivity contribution >= 4 is 11.9 Å². The lowest BCUT2D eigenvalue weighted by atomic mass is 10.0. The van der Waals surface area contributed by atoms with E-state index >= 15 is 0 Å². The summed E-state index contributed by atoms with van der Waals surface area (Å²) in [6.07, 6.45) is 0.793. The summed E-state index contributed by atoms with van der Waals surface area (Å²) in [6.45, 7) is 1.58. The fourth-order valence-electron chi connectivity index (χ4n) is 1.50. The molecule has 0 amide bonds. The van der Waals surface area contributed by atoms with Crippen LogP contribution in [-0.4, -0.2) is 22.2 Å². The molecule has 4 heteroatoms. The minimum Gasteiger partial charge on any atom is -0.481 e. The molecule has 1 unspecified atom stereocenters. The molecule has 1 atom stereocenters. The normalized spacial score (nSPS) is 22.9. The van der Waals surface area contributed by atoms with Crippen molar-refractivity contribution in [3.05, 3.63) is 11.1 Å². The minimum absolute atomic E-state index is 0.266. The van der Waals surface area contributed by atoms with Gasteiger partial charge in [-0.25, -0.2) is 4.79 Å². The van der Waals surface area contributed by atoms with Gasteiger partial charge in [-0.3, -0.25) is 4.79 Å². The second kappa shape index (κ2) is 2.97. The SMILES string of the molecule is CC1=C(C(=O)O)CCC1C(=O)O. The standard InChI is InChI=1S/C8H10O4/c1-4-5(7(9)10)2-3-6(4)8(11)12/h5H,2-3H2,1H3,(H,9,10)(H,11,12). The van der Waals surface area contributed by atoms with Crippen LogP contribution in [0.3, 0.4) is 0 Å². The Kier molecular flexibility index (Phi) is 2.17. The predicted octanol–water partition coefficient (Wildman–Crippen LogP) is 0.882. The van der Waals surface area contributed by atoms with Crippen LogP contribution in [0.2, 0.25) is 0 Å². The average Bonchev–Trinajstić information content (AvgIpc) is 2.30. The summed E-state index contributed by atoms with van der Waals surface area (Å²) < 4.78 is 0. The highest BCUT2D eigenvalue weighted by atomic mass is 16.4. The van der Waals surface area contributed by atoms with E-state index in [0.29, 0.717) is 18.4 Å². The van der Waals surface area contributed by atoms with E-state index < -0.39 is 17.9 Å². The largest absolute Gasteiger partial charge is 0.481 e. The monoisotopic (exact) mass is 170 g/mol. The molecule has 2 N–H and O–H groups in total. The van der Waals surface area contributed by atoms with Gasteiger partial charge < -0.3 is 10.2 Å². The lowest BCUT2D eigenvalue weighted by Crippen LogP contribution is -2.11. The van der Waals surface area contributed by atoms with Gasteiger partial charge in [-0.05, 0) is 25.3 Å². The molecule has 0 saturated heterocycles. The Morgan fingerprint density at radius 3 is 2.25 bits per heavy atom. The van der Waals surface area contributed by atoms with Crippen LogP contribution in [-0.2, 0) is 9.59 Å². The van der Waals surface area contributed by atoms with Gasteiger partial charge in [0.05, 0.1) is 5.92 Å². The Morgan fingerprint density at radius 1 is 1.42 bits per heavy atom. The number of rotatable bonds is 2. The first kappa shape index (κ1) is 8.77. The van der Waals surface area contributed by atoms with Crippen molar-refractivity contribution in [2.75, 3.05) is 0 Å². The molecule has 66 valence electrons. The molecule has 0 aromatic rings. The van der Waals surface area contributed by atoms with Gasteiger partial charge in [-0.1, -0.05) is 0 Å². The highest BCUT2D eigenvalue weighted by Crippen LogP contribution is 2.31. The van der Waals surface area contributed by atoms with Crippen molar-refractivity contribution in [2.45, 2.75) is 19.8 Å². The molecular weight excluding hydrogens is 160 g/mol. The van der Waals surface area contributed by atoms with E-state index in [2.05, 4.69) is 0 Å². The van der Waals surface area contributed by atoms with Crippen molar-refractivity contribution in [3.8, 4) is 0 Å². The molecule has 0 spiro atoms. The molecule has 12 heavy (non-hydrogen) atoms. The second-order valence-electron chi connectivity index (χ2n) is 2.90. The summed E-state index contributed by atoms with van der Waals surface area (Å²) in [5.74, 6) is -2.50. The van der Waals surface area contributed by atoms with Crippen LogP contribution < -0.4 is 0 Å². The molecule has 0 radical (unpaired) electrons. The third kappa shape index (κ3) is 1.32. The molecule has 1 aliphatic rings. The first-order valence-electron chi connectivity index (χ1n) is 3.69. The third-order valence-corrected chi connectivity index (χ3v) is 2.24. The predicted molar refractivity (Wildman–Crippen MR) is 40.7 cm³/mol. The molecule has 1 rings (SSSR count). The minimum atomic E-state index is -0.990. The van der Waals surface area contributed by atoms with E-state index in [4.69, 9.17) is 10.2 Å². The number of carboxylic acid groups (broad SMARTS) is 2. The molecule has 0 heterocycles. The van der Waals surface area contributed by atoms with Crippen LogP contribution in [0.4, 0.5) is 0 Å². The van der Waals surface area contributed by atoms with Crippen molar-refractivity contribution in [2.24, 2.45) is 5.92 Å². The smallest absolute Gasteiger partial charge is 0.331 e. The molecule has 0 aliphatic heterocycles. The molecular formula is C8H10O4. The van der Waals surface area contributed by atoms with Crippen LogP contribution in [0.1, 0.15) is 19.8 Å². The Bertz CT molecular complexity index is 264. The maximum Gasteiger partial charge on any atom is 0.331 e. The van der Waals surface area contributed by atoms with E-state index in [0.717, 1.165) is 0 Å². The maximum atomic E-state index is 10.6. The first-order chi connectivity index (χ1) is 5.54. The molecule has 0 aromatic carbocycles. The van der Waals surface area contributed by atoms with Gasteiger partial charge in [-0.15, -0.1) is 0 Å². The van der Waals surface area contributed by atoms with Crippen LogP contribution in [0, 0.1) is 5.92 Å². The summed E-state index contributed by atoms with van der Waals surface area (Å²) in [5, 5.41) is 17.3. The zero-order valence-electron chi connectivity index (χ0n) is 6.70. The second-order valence-corrected chi connectivity index (χ2v) is 2.90. The van der Waals surface area contributed by atoms with Crippen molar-refractivity contribution in [1.82, 2.24) is 0 Å². The Hall–Kier alpha value is -1.32. The molecule has 1 aliphatic carbocycles. The zero-order valence-corrected chi connectivity index (χ0v) is 6.70. The third-order valence-electron chi connectivity index (χ3n) is 2.24. The Labute approximate surface area is 69.5 Å². The van der Waals surface area contributed by atoms with Crippen molar-refractivity contribution in [3.63, 3.8) is 0 Å². The van der Waals surface area contributed by atoms with Crippen LogP contribution in [0.15, 0.2) is 11.1 Å². The van der Waals surface area contributed by atoms with E-state index in [9.17, 15) is 9.59 Å². The van der Waals surface area contributed by atoms with Crippen LogP contribution in [0.5, 0.6) is 0 Å². The molecule has 0 bridgehead atoms. The van der Waals surface area contributed by atoms with E-state index in [1.165, 1.54) is 0 Å². The highest BCUT2D eigenvalue weighted by Gasteiger charge is 2.30. The summed E-state index contributed by atoms with van der Waals surface area (Å²) in [5.41, 5.74) is 0.761. The van der Waals surface area contributed by atoms with Gasteiger partial charge in [0.25, 0.3) is 0 Å². The highest BCUT2D eigenvalue weighted by molar-refractivity contribution is 5.90. The molecule has 4 nitrogen and oxygen atoms in total. The van der Waals surface area contributed by atoms with Gasteiger partial charge >= 0.3 is 11.9 Å². The Balaban J connectivity index is 2.91. The lowest BCUT2D eigenvalue weighted by molar-refractivity contribution is -0.140. The summed E-state index contributed by atoms with van der Waals surface area (Å²) in [7, 11) is 0. The van der Waals surface area contributed by atoms with Crippen LogP contribution >= 0.6 is 0 Å². The first-order valence-corrected chi connectivity index (χ1v) is 3.69. The van der Waals surface area contributed by atoms with Gasteiger partial charge in [0.15, 0.2) is 0 Å². The van der Waals surface area contributed by atoms with Gasteiger partial charge in [0, 0.05) is 5.57 Å². The fraction of sp³-hybridized carbons (Fsp3) is 0.500. The number of aliphatic carboxylic acids is 2. The fourth-order valence-corrected chi connectivity index (χ4v) is 1.50. The molecule has 0 aromatic heterocycles. The topological polar surface area (TPSA) is 74.6 Å². The van der Waals surface area contributed by atoms with Crippen LogP contribution in [0.25, 0.3) is 0 Å². The molecule has 0 saturated carbocycles. The zero-order chi connectivity index (χ0) is 9.30. The van der Waals surface area contributed by atoms with Gasteiger partial charge in [0.1, 0.15) is 0 Å². The average molecular weight is 170 g/mol. The van der Waals surface area contributed by atoms with Gasteiger partial charge in [-0.2, -0.15) is 0 Å². The number of hydrogen-bond donors (Lipinski definition) is 2. The number of carbonyl (C=O) groups is 2. The Morgan fingerprint density at radius 2 is 2.00 bits per heavy atom. The van der Waals surface area contributed by atoms with Crippen molar-refractivity contribution in [1.29, 1.82) is 0 Å². The summed E-state index contributed by atoms with van der Waals surface area (Å²) in [6, 6.07) is 0. The molecule has 0 fully saturated rings. The van der Waals surface area contributed by atoms with Gasteiger partial charge in [0.2, 0.25) is 0 Å².